The van der Waals surface area contributed by atoms with Crippen LogP contribution < -0.4 is 5.32 Å². The predicted octanol–water partition coefficient (Wildman–Crippen LogP) is 3.69. The van der Waals surface area contributed by atoms with Crippen molar-refractivity contribution in [3.8, 4) is 0 Å². The third-order valence-electron chi connectivity index (χ3n) is 6.28. The molecule has 176 valence electrons. The molecule has 0 saturated carbocycles. The molecule has 34 heavy (non-hydrogen) atoms. The second kappa shape index (κ2) is 10.2. The van der Waals surface area contributed by atoms with Crippen molar-refractivity contribution in [1.29, 1.82) is 0 Å². The van der Waals surface area contributed by atoms with Crippen molar-refractivity contribution >= 4 is 41.0 Å². The van der Waals surface area contributed by atoms with Crippen LogP contribution in [0.3, 0.4) is 0 Å². The number of nitrogens with one attached hydrogen (secondary N) is 1. The number of fused-ring (bicyclic) bond motifs is 1. The number of ether oxygens (including phenoxy) is 1. The molecule has 1 aliphatic heterocycles. The van der Waals surface area contributed by atoms with Crippen LogP contribution in [0, 0.1) is 18.8 Å². The quantitative estimate of drug-likeness (QED) is 0.370. The van der Waals surface area contributed by atoms with Crippen LogP contribution in [0.15, 0.2) is 60.7 Å². The summed E-state index contributed by atoms with van der Waals surface area (Å²) in [6.07, 6.45) is 4.84. The number of hydrogen-bond donors (Lipinski definition) is 1. The van der Waals surface area contributed by atoms with Crippen LogP contribution in [0.1, 0.15) is 24.0 Å². The maximum atomic E-state index is 13.1. The molecular weight excluding hydrogens is 456 g/mol. The Labute approximate surface area is 202 Å². The number of allylic oxidation sites excluding steroid dienone is 2. The van der Waals surface area contributed by atoms with Gasteiger partial charge in [0.05, 0.1) is 11.8 Å². The Kier molecular flexibility index (Phi) is 7.12. The van der Waals surface area contributed by atoms with Gasteiger partial charge in [0.15, 0.2) is 6.61 Å². The molecule has 2 aromatic rings. The molecule has 3 atom stereocenters. The molecular formula is C26H25ClN2O5. The van der Waals surface area contributed by atoms with E-state index in [1.54, 1.807) is 25.1 Å². The lowest BCUT2D eigenvalue weighted by molar-refractivity contribution is -0.159. The highest BCUT2D eigenvalue weighted by atomic mass is 35.5. The SMILES string of the molecule is Cc1c(Cl)cccc1NC(=O)COC(=O)[C@H](Cc1ccccc1)N1C(=O)[C@H]2CC=CC[C@@H]2C1=O. The third-order valence-corrected chi connectivity index (χ3v) is 6.69. The highest BCUT2D eigenvalue weighted by molar-refractivity contribution is 6.31. The summed E-state index contributed by atoms with van der Waals surface area (Å²) in [7, 11) is 0. The number of hydrogen-bond acceptors (Lipinski definition) is 5. The number of carbonyl (C=O) groups excluding carboxylic acids is 4. The Bertz CT molecular complexity index is 1120. The smallest absolute Gasteiger partial charge is 0.330 e. The number of amides is 3. The molecule has 0 radical (unpaired) electrons. The monoisotopic (exact) mass is 480 g/mol. The zero-order chi connectivity index (χ0) is 24.2. The van der Waals surface area contributed by atoms with E-state index in [0.29, 0.717) is 29.1 Å². The number of likely N-dealkylation sites (tertiary alicyclic amines) is 1. The van der Waals surface area contributed by atoms with Gasteiger partial charge in [-0.25, -0.2) is 4.79 Å². The van der Waals surface area contributed by atoms with Crippen molar-refractivity contribution in [1.82, 2.24) is 4.90 Å². The summed E-state index contributed by atoms with van der Waals surface area (Å²) in [5, 5.41) is 3.17. The fourth-order valence-corrected chi connectivity index (χ4v) is 4.59. The Balaban J connectivity index is 1.49. The standard InChI is InChI=1S/C26H25ClN2O5/c1-16-20(27)12-7-13-21(16)28-23(30)15-34-26(33)22(14-17-8-3-2-4-9-17)29-24(31)18-10-5-6-11-19(18)25(29)32/h2-9,12-13,18-19,22H,10-11,14-15H2,1H3,(H,28,30)/t18-,19-,22-/m0/s1. The molecule has 8 heteroatoms. The first-order valence-corrected chi connectivity index (χ1v) is 11.5. The van der Waals surface area contributed by atoms with E-state index in [9.17, 15) is 19.2 Å². The number of anilines is 1. The van der Waals surface area contributed by atoms with Gasteiger partial charge in [0.1, 0.15) is 6.04 Å². The fraction of sp³-hybridized carbons (Fsp3) is 0.308. The maximum absolute atomic E-state index is 13.1. The first kappa shape index (κ1) is 23.7. The molecule has 0 aromatic heterocycles. The van der Waals surface area contributed by atoms with Gasteiger partial charge < -0.3 is 10.1 Å². The van der Waals surface area contributed by atoms with Gasteiger partial charge in [-0.2, -0.15) is 0 Å². The third kappa shape index (κ3) is 4.89. The summed E-state index contributed by atoms with van der Waals surface area (Å²) < 4.78 is 5.30. The molecule has 2 aliphatic rings. The molecule has 0 unspecified atom stereocenters. The largest absolute Gasteiger partial charge is 0.454 e. The molecule has 1 saturated heterocycles. The van der Waals surface area contributed by atoms with E-state index in [2.05, 4.69) is 5.32 Å². The average Bonchev–Trinajstić information content (AvgIpc) is 3.09. The van der Waals surface area contributed by atoms with E-state index in [1.165, 1.54) is 0 Å². The molecule has 2 aromatic carbocycles. The van der Waals surface area contributed by atoms with E-state index >= 15 is 0 Å². The minimum Gasteiger partial charge on any atom is -0.454 e. The minimum absolute atomic E-state index is 0.110. The van der Waals surface area contributed by atoms with Crippen LogP contribution in [0.25, 0.3) is 0 Å². The zero-order valence-electron chi connectivity index (χ0n) is 18.7. The van der Waals surface area contributed by atoms with Crippen LogP contribution in [0.5, 0.6) is 0 Å². The Morgan fingerprint density at radius 1 is 1.03 bits per heavy atom. The van der Waals surface area contributed by atoms with Crippen LogP contribution in [-0.2, 0) is 30.3 Å². The van der Waals surface area contributed by atoms with E-state index in [0.717, 1.165) is 10.5 Å². The lowest BCUT2D eigenvalue weighted by Crippen LogP contribution is -2.48. The number of halogens is 1. The lowest BCUT2D eigenvalue weighted by atomic mass is 9.85. The van der Waals surface area contributed by atoms with E-state index in [-0.39, 0.29) is 18.2 Å². The number of rotatable bonds is 7. The average molecular weight is 481 g/mol. The number of carbonyl (C=O) groups is 4. The summed E-state index contributed by atoms with van der Waals surface area (Å²) in [6, 6.07) is 13.0. The van der Waals surface area contributed by atoms with Crippen LogP contribution in [-0.4, -0.2) is 41.2 Å². The van der Waals surface area contributed by atoms with Crippen LogP contribution in [0.2, 0.25) is 5.02 Å². The van der Waals surface area contributed by atoms with Crippen molar-refractivity contribution in [3.05, 3.63) is 76.8 Å². The molecule has 1 heterocycles. The maximum Gasteiger partial charge on any atom is 0.330 e. The van der Waals surface area contributed by atoms with Gasteiger partial charge in [-0.3, -0.25) is 19.3 Å². The van der Waals surface area contributed by atoms with E-state index in [4.69, 9.17) is 16.3 Å². The summed E-state index contributed by atoms with van der Waals surface area (Å²) >= 11 is 6.08. The number of nitrogens with zero attached hydrogens (tertiary/aromatic N) is 1. The Morgan fingerprint density at radius 3 is 2.32 bits per heavy atom. The summed E-state index contributed by atoms with van der Waals surface area (Å²) in [6.45, 7) is 1.21. The van der Waals surface area contributed by atoms with E-state index < -0.39 is 36.4 Å². The molecule has 1 fully saturated rings. The molecule has 4 rings (SSSR count). The Morgan fingerprint density at radius 2 is 1.68 bits per heavy atom. The van der Waals surface area contributed by atoms with Gasteiger partial charge in [-0.1, -0.05) is 60.2 Å². The van der Waals surface area contributed by atoms with Gasteiger partial charge in [0.2, 0.25) is 11.8 Å². The molecule has 0 bridgehead atoms. The number of benzene rings is 2. The van der Waals surface area contributed by atoms with Crippen molar-refractivity contribution in [2.75, 3.05) is 11.9 Å². The van der Waals surface area contributed by atoms with Crippen molar-refractivity contribution in [2.45, 2.75) is 32.2 Å². The minimum atomic E-state index is -1.14. The summed E-state index contributed by atoms with van der Waals surface area (Å²) in [5.74, 6) is -2.99. The van der Waals surface area contributed by atoms with Crippen LogP contribution >= 0.6 is 11.6 Å². The van der Waals surface area contributed by atoms with Crippen molar-refractivity contribution < 1.29 is 23.9 Å². The van der Waals surface area contributed by atoms with Gasteiger partial charge in [-0.05, 0) is 43.0 Å². The van der Waals surface area contributed by atoms with Gasteiger partial charge in [-0.15, -0.1) is 0 Å². The Hall–Kier alpha value is -3.45. The molecule has 7 nitrogen and oxygen atoms in total. The second-order valence-electron chi connectivity index (χ2n) is 8.48. The number of esters is 1. The molecule has 3 amide bonds. The van der Waals surface area contributed by atoms with E-state index in [1.807, 2.05) is 42.5 Å². The molecule has 1 aliphatic carbocycles. The normalized spacial score (nSPS) is 20.1. The van der Waals surface area contributed by atoms with Gasteiger partial charge in [0, 0.05) is 17.1 Å². The first-order chi connectivity index (χ1) is 16.4. The van der Waals surface area contributed by atoms with Gasteiger partial charge in [0.25, 0.3) is 5.91 Å². The molecule has 0 spiro atoms. The highest BCUT2D eigenvalue weighted by Gasteiger charge is 2.51. The summed E-state index contributed by atoms with van der Waals surface area (Å²) in [5.41, 5.74) is 1.98. The highest BCUT2D eigenvalue weighted by Crippen LogP contribution is 2.36. The lowest BCUT2D eigenvalue weighted by Gasteiger charge is -2.25. The molecule has 1 N–H and O–H groups in total. The number of imide groups is 1. The zero-order valence-corrected chi connectivity index (χ0v) is 19.5. The fourth-order valence-electron chi connectivity index (χ4n) is 4.41. The first-order valence-electron chi connectivity index (χ1n) is 11.1. The topological polar surface area (TPSA) is 92.8 Å². The van der Waals surface area contributed by atoms with Gasteiger partial charge >= 0.3 is 5.97 Å². The van der Waals surface area contributed by atoms with Crippen LogP contribution in [0.4, 0.5) is 5.69 Å². The van der Waals surface area contributed by atoms with Crippen molar-refractivity contribution in [3.63, 3.8) is 0 Å². The van der Waals surface area contributed by atoms with Crippen molar-refractivity contribution in [2.24, 2.45) is 11.8 Å². The predicted molar refractivity (Wildman–Crippen MR) is 127 cm³/mol. The second-order valence-corrected chi connectivity index (χ2v) is 8.88. The summed E-state index contributed by atoms with van der Waals surface area (Å²) in [4.78, 5) is 52.8.